The fourth-order valence-corrected chi connectivity index (χ4v) is 6.90. The first-order valence-corrected chi connectivity index (χ1v) is 14.6. The number of imidazole rings is 1. The Labute approximate surface area is 235 Å². The number of nitrogens with one attached hydrogen (secondary N) is 1. The lowest BCUT2D eigenvalue weighted by Crippen LogP contribution is -2.59. The van der Waals surface area contributed by atoms with Crippen LogP contribution in [0.25, 0.3) is 16.3 Å². The molecule has 0 spiro atoms. The summed E-state index contributed by atoms with van der Waals surface area (Å²) in [6, 6.07) is 1.45. The maximum atomic E-state index is 13.5. The Morgan fingerprint density at radius 2 is 1.95 bits per heavy atom. The number of aromatic nitrogens is 4. The van der Waals surface area contributed by atoms with Crippen LogP contribution in [-0.4, -0.2) is 96.4 Å². The minimum atomic E-state index is -4.71. The van der Waals surface area contributed by atoms with Crippen LogP contribution in [0.2, 0.25) is 0 Å². The maximum absolute atomic E-state index is 13.5. The van der Waals surface area contributed by atoms with E-state index in [1.807, 2.05) is 4.90 Å². The van der Waals surface area contributed by atoms with Gasteiger partial charge in [-0.25, -0.2) is 18.1 Å². The van der Waals surface area contributed by atoms with E-state index in [-0.39, 0.29) is 66.5 Å². The van der Waals surface area contributed by atoms with Crippen molar-refractivity contribution in [2.75, 3.05) is 51.3 Å². The largest absolute Gasteiger partial charge is 0.445 e. The Balaban J connectivity index is 1.33. The molecule has 216 valence electrons. The van der Waals surface area contributed by atoms with Gasteiger partial charge in [-0.1, -0.05) is 11.3 Å². The summed E-state index contributed by atoms with van der Waals surface area (Å²) in [5.41, 5.74) is -1.36. The number of anilines is 1. The van der Waals surface area contributed by atoms with Crippen molar-refractivity contribution in [2.24, 2.45) is 0 Å². The highest BCUT2D eigenvalue weighted by Gasteiger charge is 2.52. The van der Waals surface area contributed by atoms with Crippen LogP contribution in [0.1, 0.15) is 28.9 Å². The molecule has 40 heavy (non-hydrogen) atoms. The van der Waals surface area contributed by atoms with Crippen molar-refractivity contribution in [3.8, 4) is 10.8 Å². The normalized spacial score (nSPS) is 21.9. The lowest BCUT2D eigenvalue weighted by molar-refractivity contribution is -0.145. The van der Waals surface area contributed by atoms with E-state index >= 15 is 0 Å². The van der Waals surface area contributed by atoms with E-state index in [4.69, 9.17) is 13.6 Å². The van der Waals surface area contributed by atoms with Crippen LogP contribution in [0.5, 0.6) is 0 Å². The van der Waals surface area contributed by atoms with E-state index in [2.05, 4.69) is 19.9 Å². The Bertz CT molecular complexity index is 1680. The van der Waals surface area contributed by atoms with Crippen molar-refractivity contribution in [1.29, 1.82) is 0 Å². The second-order valence-electron chi connectivity index (χ2n) is 10.3. The highest BCUT2D eigenvalue weighted by atomic mass is 32.2. The molecule has 0 bridgehead atoms. The minimum absolute atomic E-state index is 0.0224. The van der Waals surface area contributed by atoms with Crippen LogP contribution in [-0.2, 0) is 30.5 Å². The van der Waals surface area contributed by atoms with Gasteiger partial charge in [0.1, 0.15) is 10.5 Å². The van der Waals surface area contributed by atoms with Crippen LogP contribution < -0.4 is 9.62 Å². The van der Waals surface area contributed by atoms with Crippen molar-refractivity contribution in [3.05, 3.63) is 23.5 Å². The number of halogens is 3. The molecule has 12 nitrogen and oxygen atoms in total. The molecule has 0 radical (unpaired) electrons. The number of fused-ring (bicyclic) bond motifs is 1. The number of rotatable bonds is 7. The Kier molecular flexibility index (Phi) is 5.56. The molecular weight excluding hydrogens is 575 g/mol. The minimum Gasteiger partial charge on any atom is -0.377 e. The summed E-state index contributed by atoms with van der Waals surface area (Å²) < 4.78 is 103. The van der Waals surface area contributed by atoms with Gasteiger partial charge >= 0.3 is 6.18 Å². The number of pyridine rings is 1. The molecule has 2 aliphatic heterocycles. The predicted octanol–water partition coefficient (Wildman–Crippen LogP) is 1.77. The zero-order valence-corrected chi connectivity index (χ0v) is 22.7. The molecule has 1 aliphatic carbocycles. The summed E-state index contributed by atoms with van der Waals surface area (Å²) in [7, 11) is -6.84. The van der Waals surface area contributed by atoms with E-state index in [0.29, 0.717) is 24.0 Å². The van der Waals surface area contributed by atoms with Crippen molar-refractivity contribution in [1.82, 2.24) is 29.2 Å². The molecule has 3 aliphatic rings. The summed E-state index contributed by atoms with van der Waals surface area (Å²) in [5.74, 6) is -0.431. The average molecular weight is 605 g/mol. The lowest BCUT2D eigenvalue weighted by atomic mass is 10.0. The fourth-order valence-electron chi connectivity index (χ4n) is 4.80. The topological polar surface area (TPSA) is 131 Å². The summed E-state index contributed by atoms with van der Waals surface area (Å²) >= 11 is 0.284. The molecule has 1 amide bonds. The molecule has 2 saturated heterocycles. The molecular formula is C23H26F3N7O5S2. The molecule has 3 aromatic rings. The quantitative estimate of drug-likeness (QED) is 0.429. The monoisotopic (exact) mass is 604 g/mol. The average Bonchev–Trinajstić information content (AvgIpc) is 3.30. The van der Waals surface area contributed by atoms with E-state index in [1.54, 1.807) is 6.92 Å². The Hall–Kier alpha value is -2.86. The molecule has 0 atom stereocenters. The van der Waals surface area contributed by atoms with E-state index in [1.165, 1.54) is 27.8 Å². The fraction of sp³-hybridized carbons (Fsp3) is 0.565. The van der Waals surface area contributed by atoms with Gasteiger partial charge in [0.25, 0.3) is 5.91 Å². The zero-order chi connectivity index (χ0) is 31.0. The van der Waals surface area contributed by atoms with Gasteiger partial charge in [-0.15, -0.1) is 10.2 Å². The first-order chi connectivity index (χ1) is 20.0. The van der Waals surface area contributed by atoms with Crippen LogP contribution in [0.3, 0.4) is 0 Å². The molecule has 3 fully saturated rings. The van der Waals surface area contributed by atoms with Crippen molar-refractivity contribution < 1.29 is 40.0 Å². The summed E-state index contributed by atoms with van der Waals surface area (Å²) in [6.45, 7) is 2.95. The third-order valence-corrected chi connectivity index (χ3v) is 9.75. The van der Waals surface area contributed by atoms with E-state index < -0.39 is 45.3 Å². The zero-order valence-electron chi connectivity index (χ0n) is 24.1. The summed E-state index contributed by atoms with van der Waals surface area (Å²) in [6.07, 6.45) is -1.42. The molecule has 3 aromatic heterocycles. The summed E-state index contributed by atoms with van der Waals surface area (Å²) in [5, 5.41) is 5.55. The first kappa shape index (κ1) is 23.8. The van der Waals surface area contributed by atoms with Crippen LogP contribution in [0.4, 0.5) is 18.9 Å². The summed E-state index contributed by atoms with van der Waals surface area (Å²) in [4.78, 5) is 20.6. The van der Waals surface area contributed by atoms with Crippen molar-refractivity contribution >= 4 is 38.5 Å². The molecule has 5 heterocycles. The van der Waals surface area contributed by atoms with Gasteiger partial charge in [-0.05, 0) is 25.8 Å². The number of hydrogen-bond acceptors (Lipinski definition) is 10. The van der Waals surface area contributed by atoms with Crippen molar-refractivity contribution in [3.63, 3.8) is 0 Å². The van der Waals surface area contributed by atoms with Gasteiger partial charge in [0.2, 0.25) is 15.0 Å². The molecule has 0 unspecified atom stereocenters. The number of amides is 1. The number of alkyl halides is 3. The van der Waals surface area contributed by atoms with E-state index in [0.717, 1.165) is 0 Å². The van der Waals surface area contributed by atoms with Gasteiger partial charge in [0, 0.05) is 39.4 Å². The SMILES string of the molecule is [2H]C([2H])([2H])OC1(C(=O)N2CCN(c3cc(S(=O)(=O)NC4(C)COC4)cn4c(-c5nnc(C(F)(F)F)s5)ncc34)CC2)CC1. The number of sulfonamides is 1. The highest BCUT2D eigenvalue weighted by molar-refractivity contribution is 7.89. The number of nitrogens with zero attached hydrogens (tertiary/aromatic N) is 6. The van der Waals surface area contributed by atoms with Gasteiger partial charge in [0.05, 0.1) is 40.3 Å². The molecule has 6 rings (SSSR count). The number of methoxy groups -OCH3 is 1. The number of carbonyl (C=O) groups excluding carboxylic acids is 1. The second-order valence-corrected chi connectivity index (χ2v) is 13.0. The lowest BCUT2D eigenvalue weighted by Gasteiger charge is -2.39. The van der Waals surface area contributed by atoms with Gasteiger partial charge in [-0.3, -0.25) is 9.20 Å². The van der Waals surface area contributed by atoms with Gasteiger partial charge in [0.15, 0.2) is 10.8 Å². The number of ether oxygens (including phenoxy) is 2. The van der Waals surface area contributed by atoms with E-state index in [9.17, 15) is 26.4 Å². The van der Waals surface area contributed by atoms with Gasteiger partial charge < -0.3 is 19.3 Å². The Morgan fingerprint density at radius 3 is 2.52 bits per heavy atom. The highest BCUT2D eigenvalue weighted by Crippen LogP contribution is 2.41. The first-order valence-electron chi connectivity index (χ1n) is 13.8. The molecule has 1 saturated carbocycles. The number of carbonyl (C=O) groups is 1. The Morgan fingerprint density at radius 1 is 1.23 bits per heavy atom. The predicted molar refractivity (Wildman–Crippen MR) is 136 cm³/mol. The smallest absolute Gasteiger partial charge is 0.377 e. The van der Waals surface area contributed by atoms with Crippen LogP contribution >= 0.6 is 11.3 Å². The number of piperazine rings is 1. The molecule has 0 aromatic carbocycles. The van der Waals surface area contributed by atoms with Crippen LogP contribution in [0, 0.1) is 0 Å². The third kappa shape index (κ3) is 4.72. The van der Waals surface area contributed by atoms with Gasteiger partial charge in [-0.2, -0.15) is 13.2 Å². The third-order valence-electron chi connectivity index (χ3n) is 7.18. The van der Waals surface area contributed by atoms with Crippen molar-refractivity contribution in [2.45, 2.75) is 42.0 Å². The standard InChI is InChI=1S/C23H26F3N7O5S2/c1-21(12-38-13-21)30-40(35,36)14-9-15(31-5-7-32(8-6-31)20(34)22(37-2)3-4-22)16-10-27-17(33(16)11-14)18-28-29-19(39-18)23(24,25)26/h9-11,30H,3-8,12-13H2,1-2H3/i2D3. The number of hydrogen-bond donors (Lipinski definition) is 1. The molecule has 17 heteroatoms. The molecule has 1 N–H and O–H groups in total. The maximum Gasteiger partial charge on any atom is 0.445 e. The van der Waals surface area contributed by atoms with Crippen LogP contribution in [0.15, 0.2) is 23.4 Å². The second kappa shape index (κ2) is 9.34.